The van der Waals surface area contributed by atoms with Crippen molar-refractivity contribution in [3.05, 3.63) is 0 Å². The number of piperazine rings is 1. The molecule has 8 nitrogen and oxygen atoms in total. The van der Waals surface area contributed by atoms with Crippen LogP contribution in [0.2, 0.25) is 0 Å². The van der Waals surface area contributed by atoms with E-state index < -0.39 is 18.0 Å². The average Bonchev–Trinajstić information content (AvgIpc) is 3.01. The van der Waals surface area contributed by atoms with Crippen LogP contribution in [-0.2, 0) is 23.9 Å². The van der Waals surface area contributed by atoms with E-state index in [4.69, 9.17) is 9.84 Å². The summed E-state index contributed by atoms with van der Waals surface area (Å²) in [6.07, 6.45) is 9.10. The van der Waals surface area contributed by atoms with E-state index in [-0.39, 0.29) is 34.7 Å². The molecule has 5 rings (SSSR count). The minimum absolute atomic E-state index is 0.0894. The molecular formula is C28H42N2O6. The van der Waals surface area contributed by atoms with Crippen molar-refractivity contribution in [1.29, 1.82) is 0 Å². The van der Waals surface area contributed by atoms with Gasteiger partial charge in [-0.2, -0.15) is 0 Å². The highest BCUT2D eigenvalue weighted by molar-refractivity contribution is 5.88. The van der Waals surface area contributed by atoms with E-state index in [0.717, 1.165) is 57.8 Å². The Morgan fingerprint density at radius 3 is 2.28 bits per heavy atom. The largest absolute Gasteiger partial charge is 0.480 e. The summed E-state index contributed by atoms with van der Waals surface area (Å²) < 4.78 is 4.95. The van der Waals surface area contributed by atoms with Crippen molar-refractivity contribution < 1.29 is 29.0 Å². The predicted molar refractivity (Wildman–Crippen MR) is 132 cm³/mol. The molecule has 0 aromatic carbocycles. The van der Waals surface area contributed by atoms with Crippen LogP contribution in [0.4, 0.5) is 0 Å². The second-order valence-corrected chi connectivity index (χ2v) is 13.2. The summed E-state index contributed by atoms with van der Waals surface area (Å²) in [4.78, 5) is 53.7. The molecular weight excluding hydrogens is 460 g/mol. The van der Waals surface area contributed by atoms with Crippen molar-refractivity contribution in [3.8, 4) is 0 Å². The monoisotopic (exact) mass is 502 g/mol. The molecule has 0 aromatic rings. The molecule has 1 spiro atoms. The Bertz CT molecular complexity index is 960. The number of carboxylic acid groups (broad SMARTS) is 1. The van der Waals surface area contributed by atoms with Crippen LogP contribution in [0, 0.1) is 33.5 Å². The lowest BCUT2D eigenvalue weighted by Gasteiger charge is -2.64. The number of amides is 2. The number of ether oxygens (including phenoxy) is 1. The molecule has 5 fully saturated rings. The van der Waals surface area contributed by atoms with E-state index in [9.17, 15) is 19.2 Å². The maximum absolute atomic E-state index is 14.1. The van der Waals surface area contributed by atoms with Gasteiger partial charge in [-0.1, -0.05) is 27.2 Å². The highest BCUT2D eigenvalue weighted by Gasteiger charge is 2.68. The molecule has 1 saturated heterocycles. The maximum Gasteiger partial charge on any atom is 0.329 e. The van der Waals surface area contributed by atoms with E-state index in [0.29, 0.717) is 43.8 Å². The minimum Gasteiger partial charge on any atom is -0.480 e. The molecule has 1 heterocycles. The molecule has 0 radical (unpaired) electrons. The first-order valence-electron chi connectivity index (χ1n) is 13.8. The van der Waals surface area contributed by atoms with E-state index in [2.05, 4.69) is 20.8 Å². The Morgan fingerprint density at radius 2 is 1.58 bits per heavy atom. The number of hydrogen-bond donors (Lipinski definition) is 1. The van der Waals surface area contributed by atoms with Crippen LogP contribution < -0.4 is 0 Å². The van der Waals surface area contributed by atoms with Gasteiger partial charge in [0.15, 0.2) is 0 Å². The standard InChI is InChI=1S/C28H42N2O6/c1-25-9-5-20-26(2)7-4-8-27(3,19(26)6-10-28(20,18-25)15-21(25)31)24(35)30-13-11-29(12-14-30)22(32)16-36-17-23(33)34/h19-20H,4-18H2,1-3H3,(H,33,34)/t19-,20-,25-,26+,27+,28-/m0/s1. The third-order valence-electron chi connectivity index (χ3n) is 11.2. The molecule has 6 atom stereocenters. The van der Waals surface area contributed by atoms with Gasteiger partial charge in [0.2, 0.25) is 11.8 Å². The lowest BCUT2D eigenvalue weighted by molar-refractivity contribution is -0.179. The number of rotatable bonds is 5. The van der Waals surface area contributed by atoms with Gasteiger partial charge in [-0.25, -0.2) is 4.79 Å². The van der Waals surface area contributed by atoms with Gasteiger partial charge in [-0.15, -0.1) is 0 Å². The molecule has 2 bridgehead atoms. The normalized spacial score (nSPS) is 42.0. The molecule has 4 aliphatic carbocycles. The Hall–Kier alpha value is -1.96. The summed E-state index contributed by atoms with van der Waals surface area (Å²) in [6, 6.07) is 0. The number of carboxylic acids is 1. The van der Waals surface area contributed by atoms with Crippen molar-refractivity contribution in [2.45, 2.75) is 78.6 Å². The number of Topliss-reactive ketones (excluding diaryl/α,β-unsaturated/α-hetero) is 1. The van der Waals surface area contributed by atoms with E-state index in [1.807, 2.05) is 4.90 Å². The van der Waals surface area contributed by atoms with Gasteiger partial charge in [0.25, 0.3) is 0 Å². The zero-order chi connectivity index (χ0) is 25.9. The van der Waals surface area contributed by atoms with E-state index in [1.165, 1.54) is 0 Å². The van der Waals surface area contributed by atoms with Gasteiger partial charge in [-0.3, -0.25) is 14.4 Å². The molecule has 5 aliphatic rings. The van der Waals surface area contributed by atoms with Gasteiger partial charge < -0.3 is 19.6 Å². The fourth-order valence-electron chi connectivity index (χ4n) is 9.60. The summed E-state index contributed by atoms with van der Waals surface area (Å²) >= 11 is 0. The van der Waals surface area contributed by atoms with Gasteiger partial charge >= 0.3 is 5.97 Å². The molecule has 8 heteroatoms. The van der Waals surface area contributed by atoms with E-state index >= 15 is 0 Å². The molecule has 2 amide bonds. The third kappa shape index (κ3) is 3.89. The number of aliphatic carboxylic acids is 1. The van der Waals surface area contributed by atoms with Crippen molar-refractivity contribution in [2.24, 2.45) is 33.5 Å². The number of carbonyl (C=O) groups is 4. The highest BCUT2D eigenvalue weighted by atomic mass is 16.5. The van der Waals surface area contributed by atoms with Crippen LogP contribution >= 0.6 is 0 Å². The Morgan fingerprint density at radius 1 is 0.917 bits per heavy atom. The molecule has 36 heavy (non-hydrogen) atoms. The molecule has 200 valence electrons. The molecule has 4 saturated carbocycles. The molecule has 1 N–H and O–H groups in total. The lowest BCUT2D eigenvalue weighted by Crippen LogP contribution is -2.62. The zero-order valence-electron chi connectivity index (χ0n) is 22.1. The number of ketones is 1. The quantitative estimate of drug-likeness (QED) is 0.619. The Kier molecular flexibility index (Phi) is 6.29. The van der Waals surface area contributed by atoms with E-state index in [1.54, 1.807) is 4.90 Å². The van der Waals surface area contributed by atoms with Gasteiger partial charge in [0.1, 0.15) is 19.0 Å². The highest BCUT2D eigenvalue weighted by Crippen LogP contribution is 2.73. The summed E-state index contributed by atoms with van der Waals surface area (Å²) in [5.41, 5.74) is -0.296. The maximum atomic E-state index is 14.1. The minimum atomic E-state index is -1.10. The van der Waals surface area contributed by atoms with Crippen molar-refractivity contribution in [1.82, 2.24) is 9.80 Å². The van der Waals surface area contributed by atoms with Crippen LogP contribution in [0.5, 0.6) is 0 Å². The number of carbonyl (C=O) groups excluding carboxylic acids is 3. The first-order chi connectivity index (χ1) is 16.9. The first-order valence-corrected chi connectivity index (χ1v) is 13.8. The van der Waals surface area contributed by atoms with Crippen LogP contribution in [0.3, 0.4) is 0 Å². The molecule has 0 aromatic heterocycles. The van der Waals surface area contributed by atoms with Crippen LogP contribution in [0.25, 0.3) is 0 Å². The van der Waals surface area contributed by atoms with Gasteiger partial charge in [0.05, 0.1) is 0 Å². The lowest BCUT2D eigenvalue weighted by atomic mass is 9.40. The number of hydrogen-bond acceptors (Lipinski definition) is 5. The fourth-order valence-corrected chi connectivity index (χ4v) is 9.60. The topological polar surface area (TPSA) is 104 Å². The average molecular weight is 503 g/mol. The van der Waals surface area contributed by atoms with Gasteiger partial charge in [-0.05, 0) is 67.6 Å². The number of fused-ring (bicyclic) bond motifs is 3. The predicted octanol–water partition coefficient (Wildman–Crippen LogP) is 3.13. The van der Waals surface area contributed by atoms with Gasteiger partial charge in [0, 0.05) is 43.4 Å². The van der Waals surface area contributed by atoms with Crippen molar-refractivity contribution in [2.75, 3.05) is 39.4 Å². The fraction of sp³-hybridized carbons (Fsp3) is 0.857. The first kappa shape index (κ1) is 25.7. The third-order valence-corrected chi connectivity index (χ3v) is 11.2. The van der Waals surface area contributed by atoms with Crippen molar-refractivity contribution in [3.63, 3.8) is 0 Å². The van der Waals surface area contributed by atoms with Crippen molar-refractivity contribution >= 4 is 23.6 Å². The SMILES string of the molecule is C[C@@]12CC[C@@H]3[C@@](CC[C@H]4[C@@]3(C)CCC[C@@]4(C)C(=O)N3CCN(C(=O)COCC(=O)O)CC3)(CC1=O)C2. The second kappa shape index (κ2) is 8.81. The Labute approximate surface area is 214 Å². The van der Waals surface area contributed by atoms with Crippen LogP contribution in [-0.4, -0.2) is 77.9 Å². The zero-order valence-corrected chi connectivity index (χ0v) is 22.1. The smallest absolute Gasteiger partial charge is 0.329 e. The second-order valence-electron chi connectivity index (χ2n) is 13.2. The molecule has 0 unspecified atom stereocenters. The number of nitrogens with zero attached hydrogens (tertiary/aromatic N) is 2. The summed E-state index contributed by atoms with van der Waals surface area (Å²) in [5.74, 6) is 0.227. The summed E-state index contributed by atoms with van der Waals surface area (Å²) in [6.45, 7) is 7.99. The molecule has 1 aliphatic heterocycles. The van der Waals surface area contributed by atoms with Crippen LogP contribution in [0.1, 0.15) is 78.6 Å². The Balaban J connectivity index is 1.27. The van der Waals surface area contributed by atoms with Crippen LogP contribution in [0.15, 0.2) is 0 Å². The summed E-state index contributed by atoms with van der Waals surface area (Å²) in [5, 5.41) is 8.69. The summed E-state index contributed by atoms with van der Waals surface area (Å²) in [7, 11) is 0.